The van der Waals surface area contributed by atoms with Crippen molar-refractivity contribution in [1.29, 1.82) is 0 Å². The van der Waals surface area contributed by atoms with Crippen molar-refractivity contribution in [2.75, 3.05) is 13.1 Å². The Morgan fingerprint density at radius 2 is 1.07 bits per heavy atom. The van der Waals surface area contributed by atoms with Gasteiger partial charge in [0, 0.05) is 24.2 Å². The zero-order valence-electron chi connectivity index (χ0n) is 28.0. The molecule has 2 saturated heterocycles. The van der Waals surface area contributed by atoms with E-state index in [1.807, 2.05) is 65.8 Å². The lowest BCUT2D eigenvalue weighted by atomic mass is 10.1. The highest BCUT2D eigenvalue weighted by Crippen LogP contribution is 2.36. The number of hydrogen-bond donors (Lipinski definition) is 2. The van der Waals surface area contributed by atoms with Gasteiger partial charge in [0.05, 0.1) is 24.5 Å². The van der Waals surface area contributed by atoms with Crippen LogP contribution in [0, 0.1) is 35.5 Å². The van der Waals surface area contributed by atoms with Crippen LogP contribution in [0.25, 0.3) is 0 Å². The highest BCUT2D eigenvalue weighted by molar-refractivity contribution is 5.69. The molecule has 3 aromatic rings. The monoisotopic (exact) mass is 624 g/mol. The van der Waals surface area contributed by atoms with Gasteiger partial charge < -0.3 is 19.4 Å². The van der Waals surface area contributed by atoms with E-state index in [4.69, 9.17) is 9.47 Å². The van der Waals surface area contributed by atoms with Gasteiger partial charge in [0.25, 0.3) is 0 Å². The Hall–Kier alpha value is -4.70. The van der Waals surface area contributed by atoms with Crippen molar-refractivity contribution in [3.8, 4) is 23.7 Å². The first-order valence-corrected chi connectivity index (χ1v) is 15.9. The Bertz CT molecular complexity index is 1560. The summed E-state index contributed by atoms with van der Waals surface area (Å²) in [5.74, 6) is 14.8. The number of nitrogens with zero attached hydrogens (tertiary/aromatic N) is 4. The van der Waals surface area contributed by atoms with E-state index in [0.717, 1.165) is 24.0 Å². The molecule has 0 radical (unpaired) electrons. The average Bonchev–Trinajstić information content (AvgIpc) is 3.75. The Kier molecular flexibility index (Phi) is 9.21. The Morgan fingerprint density at radius 1 is 0.696 bits per heavy atom. The van der Waals surface area contributed by atoms with E-state index < -0.39 is 11.2 Å². The first kappa shape index (κ1) is 32.7. The number of ether oxygens (including phenoxy) is 2. The van der Waals surface area contributed by atoms with Gasteiger partial charge in [-0.3, -0.25) is 9.80 Å². The van der Waals surface area contributed by atoms with Crippen molar-refractivity contribution < 1.29 is 19.1 Å². The van der Waals surface area contributed by atoms with Crippen LogP contribution in [0.2, 0.25) is 0 Å². The first-order valence-electron chi connectivity index (χ1n) is 15.9. The molecule has 4 atom stereocenters. The topological polar surface area (TPSA) is 116 Å². The normalized spacial score (nSPS) is 21.3. The molecule has 0 saturated carbocycles. The molecular formula is C36H44N6O4. The number of H-pyrrole nitrogens is 2. The van der Waals surface area contributed by atoms with Gasteiger partial charge in [-0.25, -0.2) is 19.6 Å². The van der Waals surface area contributed by atoms with Crippen LogP contribution in [0.5, 0.6) is 0 Å². The summed E-state index contributed by atoms with van der Waals surface area (Å²) in [5, 5.41) is 0. The Labute approximate surface area is 271 Å². The van der Waals surface area contributed by atoms with Crippen LogP contribution in [0.3, 0.4) is 0 Å². The van der Waals surface area contributed by atoms with Crippen molar-refractivity contribution in [2.45, 2.75) is 91.5 Å². The van der Waals surface area contributed by atoms with Gasteiger partial charge in [0.15, 0.2) is 0 Å². The standard InChI is InChI=1S/C36H44N6O4/c1-23-17-29(41(21-23)33(43)45-35(3,4)5)31-37-19-27(39-31)15-13-25-9-11-26(12-10-25)14-16-28-20-38-32(40-28)30-18-24(2)22-42(30)34(44)46-36(6,7)8/h9-12,19-20,23-24,29-30H,17-18,21-22H2,1-8H3,(H,37,39)(H,38,40)/t23-,24?,29-,30?/m0/s1. The highest BCUT2D eigenvalue weighted by Gasteiger charge is 2.39. The summed E-state index contributed by atoms with van der Waals surface area (Å²) in [5.41, 5.74) is 1.93. The predicted octanol–water partition coefficient (Wildman–Crippen LogP) is 6.57. The third kappa shape index (κ3) is 8.31. The quantitative estimate of drug-likeness (QED) is 0.312. The van der Waals surface area contributed by atoms with Crippen LogP contribution in [-0.2, 0) is 9.47 Å². The van der Waals surface area contributed by atoms with Crippen LogP contribution in [-0.4, -0.2) is 66.2 Å². The number of likely N-dealkylation sites (tertiary alicyclic amines) is 2. The minimum atomic E-state index is -0.557. The number of carbonyl (C=O) groups is 2. The summed E-state index contributed by atoms with van der Waals surface area (Å²) in [4.78, 5) is 44.8. The molecule has 0 spiro atoms. The summed E-state index contributed by atoms with van der Waals surface area (Å²) in [6.07, 6.45) is 4.38. The summed E-state index contributed by atoms with van der Waals surface area (Å²) in [6, 6.07) is 7.36. The number of rotatable bonds is 2. The maximum atomic E-state index is 12.8. The molecule has 2 fully saturated rings. The zero-order valence-corrected chi connectivity index (χ0v) is 28.0. The second-order valence-electron chi connectivity index (χ2n) is 14.4. The molecule has 10 heteroatoms. The zero-order chi connectivity index (χ0) is 33.2. The maximum Gasteiger partial charge on any atom is 0.410 e. The summed E-state index contributed by atoms with van der Waals surface area (Å²) in [7, 11) is 0. The Balaban J connectivity index is 1.21. The van der Waals surface area contributed by atoms with Crippen LogP contribution >= 0.6 is 0 Å². The lowest BCUT2D eigenvalue weighted by molar-refractivity contribution is 0.0204. The van der Waals surface area contributed by atoms with Gasteiger partial charge in [0.2, 0.25) is 0 Å². The van der Waals surface area contributed by atoms with Gasteiger partial charge in [0.1, 0.15) is 34.2 Å². The third-order valence-electron chi connectivity index (χ3n) is 7.67. The number of carbonyl (C=O) groups excluding carboxylic acids is 2. The van der Waals surface area contributed by atoms with E-state index in [0.29, 0.717) is 48.0 Å². The fourth-order valence-corrected chi connectivity index (χ4v) is 5.71. The summed E-state index contributed by atoms with van der Waals surface area (Å²) >= 11 is 0. The molecule has 2 aliphatic heterocycles. The van der Waals surface area contributed by atoms with Crippen LogP contribution in [0.1, 0.15) is 114 Å². The van der Waals surface area contributed by atoms with Crippen LogP contribution in [0.15, 0.2) is 36.7 Å². The number of benzene rings is 1. The molecule has 2 N–H and O–H groups in total. The van der Waals surface area contributed by atoms with E-state index in [9.17, 15) is 9.59 Å². The molecule has 46 heavy (non-hydrogen) atoms. The molecule has 1 aromatic carbocycles. The minimum absolute atomic E-state index is 0.171. The third-order valence-corrected chi connectivity index (χ3v) is 7.67. The number of imidazole rings is 2. The predicted molar refractivity (Wildman–Crippen MR) is 175 cm³/mol. The van der Waals surface area contributed by atoms with Gasteiger partial charge in [-0.2, -0.15) is 0 Å². The van der Waals surface area contributed by atoms with Crippen LogP contribution in [0.4, 0.5) is 9.59 Å². The van der Waals surface area contributed by atoms with E-state index in [1.54, 1.807) is 22.2 Å². The number of nitrogens with one attached hydrogen (secondary N) is 2. The van der Waals surface area contributed by atoms with Crippen LogP contribution < -0.4 is 0 Å². The largest absolute Gasteiger partial charge is 0.444 e. The molecule has 0 aliphatic carbocycles. The number of amides is 2. The SMILES string of the molecule is CC1CC(c2ncc(C#Cc3ccc(C#Cc4cnc([C@@H]5C[C@H](C)CN5C(=O)OC(C)(C)C)[nH]4)cc3)[nH]2)N(C(=O)OC(C)(C)C)C1. The smallest absolute Gasteiger partial charge is 0.410 e. The molecule has 2 unspecified atom stereocenters. The number of aromatic nitrogens is 4. The maximum absolute atomic E-state index is 12.8. The van der Waals surface area contributed by atoms with Gasteiger partial charge in [-0.15, -0.1) is 0 Å². The lowest BCUT2D eigenvalue weighted by Gasteiger charge is -2.27. The molecule has 4 heterocycles. The molecule has 2 aromatic heterocycles. The number of hydrogen-bond acceptors (Lipinski definition) is 6. The summed E-state index contributed by atoms with van der Waals surface area (Å²) < 4.78 is 11.2. The van der Waals surface area contributed by atoms with Crippen molar-refractivity contribution >= 4 is 12.2 Å². The lowest BCUT2D eigenvalue weighted by Crippen LogP contribution is -2.37. The molecule has 5 rings (SSSR count). The van der Waals surface area contributed by atoms with Crippen molar-refractivity contribution in [2.24, 2.45) is 11.8 Å². The van der Waals surface area contributed by atoms with Gasteiger partial charge in [-0.05, 0) is 102 Å². The molecule has 10 nitrogen and oxygen atoms in total. The van der Waals surface area contributed by atoms with Crippen molar-refractivity contribution in [3.05, 3.63) is 70.8 Å². The fraction of sp³-hybridized carbons (Fsp3) is 0.500. The second kappa shape index (κ2) is 13.0. The molecule has 2 aliphatic rings. The second-order valence-corrected chi connectivity index (χ2v) is 14.4. The molecule has 242 valence electrons. The first-order chi connectivity index (χ1) is 21.6. The van der Waals surface area contributed by atoms with E-state index in [-0.39, 0.29) is 24.3 Å². The highest BCUT2D eigenvalue weighted by atomic mass is 16.6. The number of aromatic amines is 2. The minimum Gasteiger partial charge on any atom is -0.444 e. The van der Waals surface area contributed by atoms with Gasteiger partial charge >= 0.3 is 12.2 Å². The fourth-order valence-electron chi connectivity index (χ4n) is 5.71. The van der Waals surface area contributed by atoms with E-state index in [1.165, 1.54) is 0 Å². The Morgan fingerprint density at radius 3 is 1.41 bits per heavy atom. The van der Waals surface area contributed by atoms with Crippen molar-refractivity contribution in [1.82, 2.24) is 29.7 Å². The average molecular weight is 625 g/mol. The molecule has 0 bridgehead atoms. The molecule has 2 amide bonds. The van der Waals surface area contributed by atoms with Gasteiger partial charge in [-0.1, -0.05) is 25.7 Å². The summed E-state index contributed by atoms with van der Waals surface area (Å²) in [6.45, 7) is 16.7. The van der Waals surface area contributed by atoms with E-state index in [2.05, 4.69) is 57.5 Å². The molecular weight excluding hydrogens is 580 g/mol. The van der Waals surface area contributed by atoms with E-state index >= 15 is 0 Å². The van der Waals surface area contributed by atoms with Crippen molar-refractivity contribution in [3.63, 3.8) is 0 Å².